The largest absolute Gasteiger partial charge is 0.411 e. The SMILES string of the molecule is CN(C)C(C=NO)=NC1CCC1.Cl. The minimum Gasteiger partial charge on any atom is -0.411 e. The van der Waals surface area contributed by atoms with Gasteiger partial charge in [0.05, 0.1) is 6.04 Å². The summed E-state index contributed by atoms with van der Waals surface area (Å²) in [5.41, 5.74) is 0. The van der Waals surface area contributed by atoms with Gasteiger partial charge in [0.1, 0.15) is 12.1 Å². The molecule has 1 fully saturated rings. The molecule has 0 spiro atoms. The maximum Gasteiger partial charge on any atom is 0.145 e. The second-order valence-electron chi connectivity index (χ2n) is 3.21. The van der Waals surface area contributed by atoms with Crippen LogP contribution in [-0.2, 0) is 0 Å². The van der Waals surface area contributed by atoms with Gasteiger partial charge in [0.2, 0.25) is 0 Å². The van der Waals surface area contributed by atoms with Gasteiger partial charge in [-0.3, -0.25) is 4.99 Å². The van der Waals surface area contributed by atoms with Crippen molar-refractivity contribution in [1.82, 2.24) is 4.90 Å². The summed E-state index contributed by atoms with van der Waals surface area (Å²) in [6, 6.07) is 0.445. The topological polar surface area (TPSA) is 48.2 Å². The van der Waals surface area contributed by atoms with Crippen molar-refractivity contribution in [3.8, 4) is 0 Å². The van der Waals surface area contributed by atoms with E-state index in [4.69, 9.17) is 5.21 Å². The maximum atomic E-state index is 8.35. The molecule has 0 amide bonds. The van der Waals surface area contributed by atoms with Crippen molar-refractivity contribution in [2.24, 2.45) is 10.1 Å². The summed E-state index contributed by atoms with van der Waals surface area (Å²) < 4.78 is 0. The van der Waals surface area contributed by atoms with Gasteiger partial charge in [-0.15, -0.1) is 12.4 Å². The molecule has 1 aliphatic carbocycles. The molecule has 1 rings (SSSR count). The Balaban J connectivity index is 0.00000144. The molecular formula is C8H16ClN3O. The van der Waals surface area contributed by atoms with Crippen molar-refractivity contribution in [2.75, 3.05) is 14.1 Å². The lowest BCUT2D eigenvalue weighted by Gasteiger charge is -2.23. The van der Waals surface area contributed by atoms with Crippen LogP contribution >= 0.6 is 12.4 Å². The number of hydrogen-bond acceptors (Lipinski definition) is 3. The van der Waals surface area contributed by atoms with E-state index < -0.39 is 0 Å². The summed E-state index contributed by atoms with van der Waals surface area (Å²) >= 11 is 0. The second kappa shape index (κ2) is 5.80. The molecule has 1 N–H and O–H groups in total. The van der Waals surface area contributed by atoms with Gasteiger partial charge in [-0.25, -0.2) is 0 Å². The van der Waals surface area contributed by atoms with Gasteiger partial charge in [-0.1, -0.05) is 5.16 Å². The van der Waals surface area contributed by atoms with Crippen molar-refractivity contribution in [2.45, 2.75) is 25.3 Å². The van der Waals surface area contributed by atoms with Crippen molar-refractivity contribution in [1.29, 1.82) is 0 Å². The Labute approximate surface area is 84.7 Å². The van der Waals surface area contributed by atoms with Gasteiger partial charge in [0.15, 0.2) is 0 Å². The Hall–Kier alpha value is -0.770. The first kappa shape index (κ1) is 12.2. The monoisotopic (exact) mass is 205 g/mol. The highest BCUT2D eigenvalue weighted by Gasteiger charge is 2.16. The van der Waals surface area contributed by atoms with Crippen LogP contribution in [0.5, 0.6) is 0 Å². The van der Waals surface area contributed by atoms with Gasteiger partial charge < -0.3 is 10.1 Å². The Morgan fingerprint density at radius 2 is 2.08 bits per heavy atom. The zero-order chi connectivity index (χ0) is 8.97. The maximum absolute atomic E-state index is 8.35. The zero-order valence-corrected chi connectivity index (χ0v) is 8.79. The number of oxime groups is 1. The molecule has 0 unspecified atom stereocenters. The van der Waals surface area contributed by atoms with Crippen LogP contribution in [0.3, 0.4) is 0 Å². The summed E-state index contributed by atoms with van der Waals surface area (Å²) in [5.74, 6) is 0.738. The van der Waals surface area contributed by atoms with Crippen LogP contribution in [0.25, 0.3) is 0 Å². The van der Waals surface area contributed by atoms with Crippen LogP contribution < -0.4 is 0 Å². The highest BCUT2D eigenvalue weighted by molar-refractivity contribution is 6.29. The molecule has 1 saturated carbocycles. The lowest BCUT2D eigenvalue weighted by molar-refractivity contribution is 0.322. The predicted molar refractivity (Wildman–Crippen MR) is 56.3 cm³/mol. The van der Waals surface area contributed by atoms with Gasteiger partial charge in [-0.2, -0.15) is 0 Å². The molecule has 13 heavy (non-hydrogen) atoms. The van der Waals surface area contributed by atoms with Crippen LogP contribution in [0, 0.1) is 0 Å². The van der Waals surface area contributed by atoms with E-state index in [0.717, 1.165) is 18.7 Å². The number of hydrogen-bond donors (Lipinski definition) is 1. The van der Waals surface area contributed by atoms with Crippen molar-refractivity contribution >= 4 is 24.5 Å². The van der Waals surface area contributed by atoms with Gasteiger partial charge in [0.25, 0.3) is 0 Å². The highest BCUT2D eigenvalue weighted by atomic mass is 35.5. The van der Waals surface area contributed by atoms with Crippen LogP contribution in [0.4, 0.5) is 0 Å². The Morgan fingerprint density at radius 3 is 2.38 bits per heavy atom. The first-order valence-electron chi connectivity index (χ1n) is 4.16. The smallest absolute Gasteiger partial charge is 0.145 e. The number of halogens is 1. The molecule has 0 heterocycles. The first-order valence-corrected chi connectivity index (χ1v) is 4.16. The molecule has 1 aliphatic rings. The molecule has 0 atom stereocenters. The van der Waals surface area contributed by atoms with Crippen LogP contribution in [0.15, 0.2) is 10.1 Å². The third kappa shape index (κ3) is 3.63. The van der Waals surface area contributed by atoms with Crippen molar-refractivity contribution in [3.63, 3.8) is 0 Å². The molecule has 5 heteroatoms. The molecule has 4 nitrogen and oxygen atoms in total. The molecule has 0 aromatic rings. The van der Waals surface area contributed by atoms with E-state index in [9.17, 15) is 0 Å². The number of nitrogens with zero attached hydrogens (tertiary/aromatic N) is 3. The summed E-state index contributed by atoms with van der Waals surface area (Å²) in [5, 5.41) is 11.3. The molecule has 0 saturated heterocycles. The standard InChI is InChI=1S/C8H15N3O.ClH/c1-11(2)8(6-9-12)10-7-4-3-5-7;/h6-7,12H,3-5H2,1-2H3;1H. The fourth-order valence-electron chi connectivity index (χ4n) is 1.02. The summed E-state index contributed by atoms with van der Waals surface area (Å²) in [6.45, 7) is 0. The molecule has 76 valence electrons. The highest BCUT2D eigenvalue weighted by Crippen LogP contribution is 2.21. The molecule has 0 aromatic carbocycles. The van der Waals surface area contributed by atoms with E-state index in [1.807, 2.05) is 19.0 Å². The lowest BCUT2D eigenvalue weighted by Crippen LogP contribution is -2.27. The van der Waals surface area contributed by atoms with Crippen molar-refractivity contribution < 1.29 is 5.21 Å². The quantitative estimate of drug-likeness (QED) is 0.321. The fraction of sp³-hybridized carbons (Fsp3) is 0.750. The Morgan fingerprint density at radius 1 is 1.46 bits per heavy atom. The molecule has 0 aromatic heterocycles. The lowest BCUT2D eigenvalue weighted by atomic mass is 9.94. The van der Waals surface area contributed by atoms with E-state index in [1.54, 1.807) is 0 Å². The summed E-state index contributed by atoms with van der Waals surface area (Å²) in [7, 11) is 3.78. The van der Waals surface area contributed by atoms with Crippen LogP contribution in [0.1, 0.15) is 19.3 Å². The van der Waals surface area contributed by atoms with E-state index in [-0.39, 0.29) is 12.4 Å². The average molecular weight is 206 g/mol. The third-order valence-corrected chi connectivity index (χ3v) is 2.02. The van der Waals surface area contributed by atoms with Crippen molar-refractivity contribution in [3.05, 3.63) is 0 Å². The average Bonchev–Trinajstić information content (AvgIpc) is 1.93. The van der Waals surface area contributed by atoms with Gasteiger partial charge in [-0.05, 0) is 19.3 Å². The molecular weight excluding hydrogens is 190 g/mol. The number of rotatable bonds is 2. The first-order chi connectivity index (χ1) is 5.74. The summed E-state index contributed by atoms with van der Waals surface area (Å²) in [6.07, 6.45) is 4.97. The summed E-state index contributed by atoms with van der Waals surface area (Å²) in [4.78, 5) is 6.25. The zero-order valence-electron chi connectivity index (χ0n) is 7.97. The van der Waals surface area contributed by atoms with Gasteiger partial charge >= 0.3 is 0 Å². The Kier molecular flexibility index (Phi) is 5.46. The minimum absolute atomic E-state index is 0. The van der Waals surface area contributed by atoms with E-state index >= 15 is 0 Å². The number of aliphatic imine (C=N–C) groups is 1. The van der Waals surface area contributed by atoms with E-state index in [0.29, 0.717) is 6.04 Å². The van der Waals surface area contributed by atoms with Crippen LogP contribution in [0.2, 0.25) is 0 Å². The normalized spacial score (nSPS) is 18.2. The van der Waals surface area contributed by atoms with Gasteiger partial charge in [0, 0.05) is 14.1 Å². The van der Waals surface area contributed by atoms with Crippen LogP contribution in [-0.4, -0.2) is 42.3 Å². The fourth-order valence-corrected chi connectivity index (χ4v) is 1.02. The predicted octanol–water partition coefficient (Wildman–Crippen LogP) is 1.38. The number of amidine groups is 1. The Bertz CT molecular complexity index is 200. The van der Waals surface area contributed by atoms with E-state index in [2.05, 4.69) is 10.1 Å². The molecule has 0 radical (unpaired) electrons. The minimum atomic E-state index is 0. The van der Waals surface area contributed by atoms with E-state index in [1.165, 1.54) is 12.6 Å². The third-order valence-electron chi connectivity index (χ3n) is 2.02. The molecule has 0 bridgehead atoms. The molecule has 0 aliphatic heterocycles. The second-order valence-corrected chi connectivity index (χ2v) is 3.21.